The van der Waals surface area contributed by atoms with E-state index in [9.17, 15) is 5.11 Å². The van der Waals surface area contributed by atoms with E-state index < -0.39 is 5.60 Å². The van der Waals surface area contributed by atoms with Gasteiger partial charge in [0.05, 0.1) is 5.69 Å². The van der Waals surface area contributed by atoms with Crippen LogP contribution in [0.5, 0.6) is 0 Å². The van der Waals surface area contributed by atoms with Gasteiger partial charge in [0.25, 0.3) is 0 Å². The molecule has 1 rings (SSSR count). The molecular weight excluding hydrogens is 166 g/mol. The molecule has 0 spiro atoms. The van der Waals surface area contributed by atoms with Crippen LogP contribution in [-0.4, -0.2) is 21.3 Å². The number of aliphatic hydroxyl groups is 1. The lowest BCUT2D eigenvalue weighted by molar-refractivity contribution is 0.0216. The molecule has 0 aliphatic heterocycles. The fraction of sp³-hybridized carbons (Fsp3) is 0.667. The Morgan fingerprint density at radius 1 is 1.77 bits per heavy atom. The van der Waals surface area contributed by atoms with E-state index in [0.29, 0.717) is 5.69 Å². The van der Waals surface area contributed by atoms with Gasteiger partial charge in [-0.3, -0.25) is 5.10 Å². The monoisotopic (exact) mass is 183 g/mol. The smallest absolute Gasteiger partial charge is 0.118 e. The number of nitrogens with one attached hydrogen (secondary N) is 1. The average molecular weight is 183 g/mol. The highest BCUT2D eigenvalue weighted by atomic mass is 16.3. The van der Waals surface area contributed by atoms with Crippen LogP contribution in [0.15, 0.2) is 12.3 Å². The Morgan fingerprint density at radius 2 is 2.46 bits per heavy atom. The molecule has 4 nitrogen and oxygen atoms in total. The van der Waals surface area contributed by atoms with Gasteiger partial charge < -0.3 is 10.8 Å². The molecule has 0 saturated carbocycles. The fourth-order valence-corrected chi connectivity index (χ4v) is 1.33. The predicted octanol–water partition coefficient (Wildman–Crippen LogP) is 0.745. The van der Waals surface area contributed by atoms with E-state index in [-0.39, 0.29) is 6.04 Å². The zero-order valence-corrected chi connectivity index (χ0v) is 8.12. The molecule has 0 amide bonds. The van der Waals surface area contributed by atoms with E-state index in [1.807, 2.05) is 6.92 Å². The molecule has 0 bridgehead atoms. The van der Waals surface area contributed by atoms with Crippen LogP contribution in [0.4, 0.5) is 0 Å². The summed E-state index contributed by atoms with van der Waals surface area (Å²) in [7, 11) is 0. The Hall–Kier alpha value is -0.870. The minimum Gasteiger partial charge on any atom is -0.382 e. The van der Waals surface area contributed by atoms with Gasteiger partial charge >= 0.3 is 0 Å². The summed E-state index contributed by atoms with van der Waals surface area (Å²) in [4.78, 5) is 0. The lowest BCUT2D eigenvalue weighted by Gasteiger charge is -2.28. The van der Waals surface area contributed by atoms with Gasteiger partial charge in [-0.1, -0.05) is 13.3 Å². The summed E-state index contributed by atoms with van der Waals surface area (Å²) in [6.45, 7) is 3.75. The summed E-state index contributed by atoms with van der Waals surface area (Å²) in [5, 5.41) is 16.6. The number of aromatic amines is 1. The van der Waals surface area contributed by atoms with Crippen molar-refractivity contribution in [3.8, 4) is 0 Å². The van der Waals surface area contributed by atoms with Crippen LogP contribution in [-0.2, 0) is 5.60 Å². The standard InChI is InChI=1S/C9H17N3O/c1-3-4-7(10)9(2,13)8-5-6-11-12-8/h5-7,13H,3-4,10H2,1-2H3,(H,11,12). The van der Waals surface area contributed by atoms with Gasteiger partial charge in [0.2, 0.25) is 0 Å². The summed E-state index contributed by atoms with van der Waals surface area (Å²) in [6, 6.07) is 1.49. The van der Waals surface area contributed by atoms with E-state index in [1.165, 1.54) is 0 Å². The van der Waals surface area contributed by atoms with Crippen molar-refractivity contribution in [2.45, 2.75) is 38.3 Å². The molecule has 0 radical (unpaired) electrons. The average Bonchev–Trinajstić information content (AvgIpc) is 2.56. The lowest BCUT2D eigenvalue weighted by atomic mass is 9.90. The minimum absolute atomic E-state index is 0.252. The first-order chi connectivity index (χ1) is 6.09. The molecule has 4 N–H and O–H groups in total. The van der Waals surface area contributed by atoms with Crippen molar-refractivity contribution >= 4 is 0 Å². The quantitative estimate of drug-likeness (QED) is 0.644. The summed E-state index contributed by atoms with van der Waals surface area (Å²) in [5.41, 5.74) is 5.52. The number of rotatable bonds is 4. The van der Waals surface area contributed by atoms with Gasteiger partial charge in [0.15, 0.2) is 0 Å². The Morgan fingerprint density at radius 3 is 2.92 bits per heavy atom. The number of aromatic nitrogens is 2. The zero-order chi connectivity index (χ0) is 9.90. The highest BCUT2D eigenvalue weighted by Gasteiger charge is 2.31. The van der Waals surface area contributed by atoms with Crippen molar-refractivity contribution < 1.29 is 5.11 Å². The van der Waals surface area contributed by atoms with Crippen LogP contribution in [0.3, 0.4) is 0 Å². The van der Waals surface area contributed by atoms with Crippen molar-refractivity contribution in [2.24, 2.45) is 5.73 Å². The number of nitrogens with two attached hydrogens (primary N) is 1. The second-order valence-electron chi connectivity index (χ2n) is 3.51. The molecule has 2 atom stereocenters. The van der Waals surface area contributed by atoms with Crippen LogP contribution in [0.25, 0.3) is 0 Å². The third kappa shape index (κ3) is 2.08. The highest BCUT2D eigenvalue weighted by Crippen LogP contribution is 2.23. The van der Waals surface area contributed by atoms with Crippen molar-refractivity contribution in [1.29, 1.82) is 0 Å². The first-order valence-corrected chi connectivity index (χ1v) is 4.56. The third-order valence-corrected chi connectivity index (χ3v) is 2.37. The van der Waals surface area contributed by atoms with Gasteiger partial charge in [-0.25, -0.2) is 0 Å². The number of H-pyrrole nitrogens is 1. The molecule has 4 heteroatoms. The summed E-state index contributed by atoms with van der Waals surface area (Å²) < 4.78 is 0. The van der Waals surface area contributed by atoms with Crippen LogP contribution in [0.2, 0.25) is 0 Å². The van der Waals surface area contributed by atoms with Gasteiger partial charge in [-0.2, -0.15) is 5.10 Å². The molecule has 2 unspecified atom stereocenters. The molecule has 1 aromatic heterocycles. The van der Waals surface area contributed by atoms with E-state index in [0.717, 1.165) is 12.8 Å². The number of nitrogens with zero attached hydrogens (tertiary/aromatic N) is 1. The molecule has 1 aromatic rings. The normalized spacial score (nSPS) is 18.2. The highest BCUT2D eigenvalue weighted by molar-refractivity contribution is 5.11. The number of hydrogen-bond donors (Lipinski definition) is 3. The van der Waals surface area contributed by atoms with Gasteiger partial charge in [0, 0.05) is 12.2 Å². The Balaban J connectivity index is 2.76. The first-order valence-electron chi connectivity index (χ1n) is 4.56. The molecule has 0 saturated heterocycles. The largest absolute Gasteiger partial charge is 0.382 e. The van der Waals surface area contributed by atoms with Crippen LogP contribution in [0, 0.1) is 0 Å². The van der Waals surface area contributed by atoms with Gasteiger partial charge in [-0.15, -0.1) is 0 Å². The SMILES string of the molecule is CCCC(N)C(C)(O)c1ccn[nH]1. The molecule has 13 heavy (non-hydrogen) atoms. The molecule has 74 valence electrons. The van der Waals surface area contributed by atoms with Crippen molar-refractivity contribution in [3.05, 3.63) is 18.0 Å². The van der Waals surface area contributed by atoms with Gasteiger partial charge in [-0.05, 0) is 19.4 Å². The van der Waals surface area contributed by atoms with E-state index in [2.05, 4.69) is 10.2 Å². The van der Waals surface area contributed by atoms with E-state index in [4.69, 9.17) is 5.73 Å². The van der Waals surface area contributed by atoms with Gasteiger partial charge in [0.1, 0.15) is 5.60 Å². The van der Waals surface area contributed by atoms with Crippen molar-refractivity contribution in [1.82, 2.24) is 10.2 Å². The molecule has 0 aliphatic rings. The first kappa shape index (κ1) is 10.2. The van der Waals surface area contributed by atoms with E-state index >= 15 is 0 Å². The molecule has 0 aliphatic carbocycles. The second-order valence-corrected chi connectivity index (χ2v) is 3.51. The lowest BCUT2D eigenvalue weighted by Crippen LogP contribution is -2.43. The summed E-state index contributed by atoms with van der Waals surface area (Å²) >= 11 is 0. The number of hydrogen-bond acceptors (Lipinski definition) is 3. The second kappa shape index (κ2) is 3.89. The van der Waals surface area contributed by atoms with Crippen molar-refractivity contribution in [2.75, 3.05) is 0 Å². The maximum absolute atomic E-state index is 10.1. The minimum atomic E-state index is -1.01. The van der Waals surface area contributed by atoms with Crippen LogP contribution < -0.4 is 5.73 Å². The molecule has 0 aromatic carbocycles. The molecule has 0 fully saturated rings. The molecule has 1 heterocycles. The summed E-state index contributed by atoms with van der Waals surface area (Å²) in [6.07, 6.45) is 3.37. The maximum atomic E-state index is 10.1. The predicted molar refractivity (Wildman–Crippen MR) is 51.0 cm³/mol. The maximum Gasteiger partial charge on any atom is 0.118 e. The third-order valence-electron chi connectivity index (χ3n) is 2.37. The topological polar surface area (TPSA) is 74.9 Å². The molecular formula is C9H17N3O. The van der Waals surface area contributed by atoms with E-state index in [1.54, 1.807) is 19.2 Å². The Labute approximate surface area is 78.2 Å². The Bertz CT molecular complexity index is 243. The fourth-order valence-electron chi connectivity index (χ4n) is 1.33. The van der Waals surface area contributed by atoms with Crippen LogP contribution >= 0.6 is 0 Å². The van der Waals surface area contributed by atoms with Crippen molar-refractivity contribution in [3.63, 3.8) is 0 Å². The zero-order valence-electron chi connectivity index (χ0n) is 8.12. The summed E-state index contributed by atoms with van der Waals surface area (Å²) in [5.74, 6) is 0. The van der Waals surface area contributed by atoms with Crippen LogP contribution in [0.1, 0.15) is 32.4 Å². The Kier molecular flexibility index (Phi) is 3.06.